The Morgan fingerprint density at radius 3 is 2.30 bits per heavy atom. The van der Waals surface area contributed by atoms with E-state index in [1.54, 1.807) is 7.11 Å². The van der Waals surface area contributed by atoms with Gasteiger partial charge in [-0.25, -0.2) is 0 Å². The molecule has 1 aliphatic heterocycles. The standard InChI is InChI=1S/C17H25N3O3/c1-13(21)18-16(14-4-6-15(23-3)7-5-14)12-17(22)20-10-8-19(2)9-11-20/h4-7,16H,8-12H2,1-3H3,(H,18,21). The molecule has 1 N–H and O–H groups in total. The molecule has 1 atom stereocenters. The van der Waals surface area contributed by atoms with Crippen LogP contribution in [0.3, 0.4) is 0 Å². The Labute approximate surface area is 137 Å². The van der Waals surface area contributed by atoms with Crippen LogP contribution in [-0.4, -0.2) is 62.0 Å². The van der Waals surface area contributed by atoms with Gasteiger partial charge < -0.3 is 19.9 Å². The van der Waals surface area contributed by atoms with Gasteiger partial charge in [-0.3, -0.25) is 9.59 Å². The zero-order valence-corrected chi connectivity index (χ0v) is 14.0. The number of carbonyl (C=O) groups is 2. The Kier molecular flexibility index (Phi) is 5.98. The highest BCUT2D eigenvalue weighted by molar-refractivity contribution is 5.79. The van der Waals surface area contributed by atoms with Gasteiger partial charge >= 0.3 is 0 Å². The fourth-order valence-electron chi connectivity index (χ4n) is 2.69. The van der Waals surface area contributed by atoms with Gasteiger partial charge in [0.05, 0.1) is 19.6 Å². The van der Waals surface area contributed by atoms with Crippen LogP contribution in [-0.2, 0) is 9.59 Å². The van der Waals surface area contributed by atoms with E-state index >= 15 is 0 Å². The zero-order chi connectivity index (χ0) is 16.8. The van der Waals surface area contributed by atoms with Crippen LogP contribution in [0.4, 0.5) is 0 Å². The SMILES string of the molecule is COc1ccc(C(CC(=O)N2CCN(C)CC2)NC(C)=O)cc1. The van der Waals surface area contributed by atoms with Crippen LogP contribution in [0.5, 0.6) is 5.75 Å². The first-order valence-corrected chi connectivity index (χ1v) is 7.87. The second-order valence-corrected chi connectivity index (χ2v) is 5.91. The Hall–Kier alpha value is -2.08. The van der Waals surface area contributed by atoms with Gasteiger partial charge in [-0.05, 0) is 24.7 Å². The quantitative estimate of drug-likeness (QED) is 0.881. The molecule has 0 radical (unpaired) electrons. The van der Waals surface area contributed by atoms with E-state index in [0.29, 0.717) is 0 Å². The Morgan fingerprint density at radius 2 is 1.78 bits per heavy atom. The summed E-state index contributed by atoms with van der Waals surface area (Å²) in [6.45, 7) is 4.73. The van der Waals surface area contributed by atoms with E-state index in [0.717, 1.165) is 37.5 Å². The molecule has 1 unspecified atom stereocenters. The number of methoxy groups -OCH3 is 1. The number of carbonyl (C=O) groups excluding carboxylic acids is 2. The van der Waals surface area contributed by atoms with Crippen LogP contribution >= 0.6 is 0 Å². The fourth-order valence-corrected chi connectivity index (χ4v) is 2.69. The molecule has 0 saturated carbocycles. The van der Waals surface area contributed by atoms with E-state index in [4.69, 9.17) is 4.74 Å². The third-order valence-electron chi connectivity index (χ3n) is 4.13. The molecule has 1 heterocycles. The summed E-state index contributed by atoms with van der Waals surface area (Å²) in [5.41, 5.74) is 0.906. The van der Waals surface area contributed by atoms with Crippen molar-refractivity contribution >= 4 is 11.8 Å². The monoisotopic (exact) mass is 319 g/mol. The Bertz CT molecular complexity index is 537. The second-order valence-electron chi connectivity index (χ2n) is 5.91. The first-order chi connectivity index (χ1) is 11.0. The molecular formula is C17H25N3O3. The van der Waals surface area contributed by atoms with Gasteiger partial charge in [0.1, 0.15) is 5.75 Å². The Balaban J connectivity index is 2.05. The van der Waals surface area contributed by atoms with E-state index in [-0.39, 0.29) is 24.3 Å². The van der Waals surface area contributed by atoms with Crippen LogP contribution in [0, 0.1) is 0 Å². The largest absolute Gasteiger partial charge is 0.497 e. The Morgan fingerprint density at radius 1 is 1.17 bits per heavy atom. The minimum absolute atomic E-state index is 0.0765. The minimum Gasteiger partial charge on any atom is -0.497 e. The van der Waals surface area contributed by atoms with E-state index in [1.807, 2.05) is 29.2 Å². The van der Waals surface area contributed by atoms with Crippen LogP contribution < -0.4 is 10.1 Å². The molecule has 1 aromatic carbocycles. The van der Waals surface area contributed by atoms with E-state index in [1.165, 1.54) is 6.92 Å². The maximum absolute atomic E-state index is 12.5. The van der Waals surface area contributed by atoms with Gasteiger partial charge in [0.2, 0.25) is 11.8 Å². The van der Waals surface area contributed by atoms with Crippen molar-refractivity contribution in [3.63, 3.8) is 0 Å². The molecular weight excluding hydrogens is 294 g/mol. The van der Waals surface area contributed by atoms with E-state index < -0.39 is 0 Å². The van der Waals surface area contributed by atoms with Crippen molar-refractivity contribution in [2.75, 3.05) is 40.3 Å². The third kappa shape index (κ3) is 4.96. The first kappa shape index (κ1) is 17.3. The van der Waals surface area contributed by atoms with Gasteiger partial charge in [0.15, 0.2) is 0 Å². The van der Waals surface area contributed by atoms with Crippen LogP contribution in [0.15, 0.2) is 24.3 Å². The first-order valence-electron chi connectivity index (χ1n) is 7.87. The highest BCUT2D eigenvalue weighted by atomic mass is 16.5. The predicted molar refractivity (Wildman–Crippen MR) is 88.2 cm³/mol. The number of likely N-dealkylation sites (N-methyl/N-ethyl adjacent to an activating group) is 1. The lowest BCUT2D eigenvalue weighted by molar-refractivity contribution is -0.133. The van der Waals surface area contributed by atoms with Crippen molar-refractivity contribution in [2.45, 2.75) is 19.4 Å². The van der Waals surface area contributed by atoms with Gasteiger partial charge in [0, 0.05) is 33.1 Å². The average Bonchev–Trinajstić information content (AvgIpc) is 2.54. The molecule has 1 aliphatic rings. The second kappa shape index (κ2) is 7.97. The summed E-state index contributed by atoms with van der Waals surface area (Å²) < 4.78 is 5.15. The lowest BCUT2D eigenvalue weighted by Crippen LogP contribution is -2.48. The summed E-state index contributed by atoms with van der Waals surface area (Å²) in [4.78, 5) is 28.1. The van der Waals surface area contributed by atoms with Crippen LogP contribution in [0.2, 0.25) is 0 Å². The van der Waals surface area contributed by atoms with Gasteiger partial charge in [-0.1, -0.05) is 12.1 Å². The molecule has 2 rings (SSSR count). The molecule has 0 aliphatic carbocycles. The molecule has 6 heteroatoms. The maximum Gasteiger partial charge on any atom is 0.225 e. The van der Waals surface area contributed by atoms with Crippen molar-refractivity contribution in [3.05, 3.63) is 29.8 Å². The molecule has 1 saturated heterocycles. The van der Waals surface area contributed by atoms with Crippen molar-refractivity contribution in [1.29, 1.82) is 0 Å². The molecule has 0 bridgehead atoms. The smallest absolute Gasteiger partial charge is 0.225 e. The summed E-state index contributed by atoms with van der Waals surface area (Å²) in [6, 6.07) is 7.13. The normalized spacial score (nSPS) is 16.7. The van der Waals surface area contributed by atoms with Gasteiger partial charge in [0.25, 0.3) is 0 Å². The summed E-state index contributed by atoms with van der Waals surface area (Å²) in [5, 5.41) is 2.87. The fraction of sp³-hybridized carbons (Fsp3) is 0.529. The summed E-state index contributed by atoms with van der Waals surface area (Å²) in [7, 11) is 3.66. The van der Waals surface area contributed by atoms with Gasteiger partial charge in [-0.2, -0.15) is 0 Å². The highest BCUT2D eigenvalue weighted by Gasteiger charge is 2.23. The zero-order valence-electron chi connectivity index (χ0n) is 14.0. The number of hydrogen-bond acceptors (Lipinski definition) is 4. The molecule has 2 amide bonds. The molecule has 1 aromatic rings. The molecule has 0 aromatic heterocycles. The molecule has 23 heavy (non-hydrogen) atoms. The van der Waals surface area contributed by atoms with Crippen molar-refractivity contribution in [2.24, 2.45) is 0 Å². The highest BCUT2D eigenvalue weighted by Crippen LogP contribution is 2.21. The van der Waals surface area contributed by atoms with E-state index in [2.05, 4.69) is 17.3 Å². The number of nitrogens with one attached hydrogen (secondary N) is 1. The van der Waals surface area contributed by atoms with Crippen LogP contribution in [0.1, 0.15) is 24.9 Å². The molecule has 6 nitrogen and oxygen atoms in total. The van der Waals surface area contributed by atoms with Crippen molar-refractivity contribution < 1.29 is 14.3 Å². The van der Waals surface area contributed by atoms with Crippen molar-refractivity contribution in [1.82, 2.24) is 15.1 Å². The number of nitrogens with zero attached hydrogens (tertiary/aromatic N) is 2. The topological polar surface area (TPSA) is 61.9 Å². The lowest BCUT2D eigenvalue weighted by Gasteiger charge is -2.33. The number of benzene rings is 1. The third-order valence-corrected chi connectivity index (χ3v) is 4.13. The van der Waals surface area contributed by atoms with E-state index in [9.17, 15) is 9.59 Å². The number of piperazine rings is 1. The lowest BCUT2D eigenvalue weighted by atomic mass is 10.0. The number of ether oxygens (including phenoxy) is 1. The van der Waals surface area contributed by atoms with Crippen molar-refractivity contribution in [3.8, 4) is 5.75 Å². The average molecular weight is 319 g/mol. The van der Waals surface area contributed by atoms with Gasteiger partial charge in [-0.15, -0.1) is 0 Å². The predicted octanol–water partition coefficient (Wildman–Crippen LogP) is 1.04. The summed E-state index contributed by atoms with van der Waals surface area (Å²) >= 11 is 0. The number of hydrogen-bond donors (Lipinski definition) is 1. The van der Waals surface area contributed by atoms with Crippen LogP contribution in [0.25, 0.3) is 0 Å². The minimum atomic E-state index is -0.314. The molecule has 0 spiro atoms. The number of rotatable bonds is 5. The molecule has 126 valence electrons. The summed E-state index contributed by atoms with van der Waals surface area (Å²) in [6.07, 6.45) is 0.273. The summed E-state index contributed by atoms with van der Waals surface area (Å²) in [5.74, 6) is 0.686. The number of amides is 2. The maximum atomic E-state index is 12.5. The molecule has 1 fully saturated rings.